The molecular formula is C19H24BrNO3S. The Morgan fingerprint density at radius 2 is 2.08 bits per heavy atom. The Kier molecular flexibility index (Phi) is 6.62. The van der Waals surface area contributed by atoms with Gasteiger partial charge in [0.1, 0.15) is 6.10 Å². The third-order valence-corrected chi connectivity index (χ3v) is 5.95. The van der Waals surface area contributed by atoms with Crippen molar-refractivity contribution in [1.29, 1.82) is 0 Å². The fraction of sp³-hybridized carbons (Fsp3) is 0.474. The van der Waals surface area contributed by atoms with Crippen LogP contribution >= 0.6 is 27.3 Å². The number of nitrogens with zero attached hydrogens (tertiary/aromatic N) is 1. The van der Waals surface area contributed by atoms with Gasteiger partial charge in [0.05, 0.1) is 3.79 Å². The van der Waals surface area contributed by atoms with Crippen LogP contribution in [0, 0.1) is 0 Å². The molecule has 25 heavy (non-hydrogen) atoms. The molecule has 1 atom stereocenters. The number of rotatable bonds is 9. The summed E-state index contributed by atoms with van der Waals surface area (Å²) >= 11 is 5.28. The Morgan fingerprint density at radius 1 is 1.20 bits per heavy atom. The summed E-state index contributed by atoms with van der Waals surface area (Å²) in [6.45, 7) is 7.88. The molecule has 0 spiro atoms. The van der Waals surface area contributed by atoms with Crippen molar-refractivity contribution in [3.05, 3.63) is 39.0 Å². The molecule has 1 unspecified atom stereocenters. The standard InChI is InChI=1S/C19H24BrNO3S/c1-3-11-21(4-2)12-10-14(17-8-9-18(20)25-17)24-16-7-5-6-15-19(16)23-13-22-15/h5-9,14H,3-4,10-13H2,1-2H3. The topological polar surface area (TPSA) is 30.9 Å². The molecule has 0 aliphatic carbocycles. The number of halogens is 1. The van der Waals surface area contributed by atoms with Gasteiger partial charge in [0.15, 0.2) is 11.5 Å². The van der Waals surface area contributed by atoms with Gasteiger partial charge in [-0.2, -0.15) is 0 Å². The van der Waals surface area contributed by atoms with Crippen LogP contribution in [-0.2, 0) is 0 Å². The second-order valence-electron chi connectivity index (χ2n) is 5.96. The number of thiophene rings is 1. The van der Waals surface area contributed by atoms with Crippen LogP contribution in [0.1, 0.15) is 37.7 Å². The third-order valence-electron chi connectivity index (χ3n) is 4.24. The van der Waals surface area contributed by atoms with Gasteiger partial charge < -0.3 is 19.1 Å². The maximum atomic E-state index is 6.39. The second-order valence-corrected chi connectivity index (χ2v) is 8.46. The van der Waals surface area contributed by atoms with Crippen molar-refractivity contribution >= 4 is 27.3 Å². The van der Waals surface area contributed by atoms with Crippen LogP contribution in [0.15, 0.2) is 34.1 Å². The van der Waals surface area contributed by atoms with Gasteiger partial charge in [-0.15, -0.1) is 11.3 Å². The molecule has 0 bridgehead atoms. The fourth-order valence-corrected chi connectivity index (χ4v) is 4.44. The van der Waals surface area contributed by atoms with Crippen LogP contribution in [0.3, 0.4) is 0 Å². The van der Waals surface area contributed by atoms with E-state index in [4.69, 9.17) is 14.2 Å². The number of para-hydroxylation sites is 1. The number of ether oxygens (including phenoxy) is 3. The van der Waals surface area contributed by atoms with Gasteiger partial charge in [0, 0.05) is 17.8 Å². The molecule has 0 amide bonds. The molecule has 0 saturated carbocycles. The van der Waals surface area contributed by atoms with Crippen LogP contribution < -0.4 is 14.2 Å². The largest absolute Gasteiger partial charge is 0.481 e. The Labute approximate surface area is 161 Å². The number of benzene rings is 1. The molecule has 2 aromatic rings. The van der Waals surface area contributed by atoms with E-state index in [1.165, 1.54) is 11.3 Å². The van der Waals surface area contributed by atoms with Crippen molar-refractivity contribution in [2.45, 2.75) is 32.8 Å². The molecule has 1 aromatic carbocycles. The number of hydrogen-bond acceptors (Lipinski definition) is 5. The summed E-state index contributed by atoms with van der Waals surface area (Å²) in [6, 6.07) is 10.0. The van der Waals surface area contributed by atoms with Gasteiger partial charge in [-0.05, 0) is 59.7 Å². The molecule has 3 rings (SSSR count). The molecule has 0 radical (unpaired) electrons. The average molecular weight is 426 g/mol. The van der Waals surface area contributed by atoms with E-state index in [-0.39, 0.29) is 12.9 Å². The minimum Gasteiger partial charge on any atom is -0.481 e. The van der Waals surface area contributed by atoms with Gasteiger partial charge in [0.2, 0.25) is 12.5 Å². The van der Waals surface area contributed by atoms with Crippen molar-refractivity contribution in [3.8, 4) is 17.2 Å². The van der Waals surface area contributed by atoms with Crippen LogP contribution in [0.2, 0.25) is 0 Å². The lowest BCUT2D eigenvalue weighted by Gasteiger charge is -2.24. The lowest BCUT2D eigenvalue weighted by Crippen LogP contribution is -2.27. The van der Waals surface area contributed by atoms with E-state index in [1.54, 1.807) is 11.3 Å². The second kappa shape index (κ2) is 8.92. The van der Waals surface area contributed by atoms with Crippen molar-refractivity contribution < 1.29 is 14.2 Å². The zero-order valence-electron chi connectivity index (χ0n) is 14.7. The summed E-state index contributed by atoms with van der Waals surface area (Å²) < 4.78 is 18.6. The molecule has 1 aliphatic heterocycles. The molecule has 1 aliphatic rings. The highest BCUT2D eigenvalue weighted by molar-refractivity contribution is 9.11. The Balaban J connectivity index is 1.76. The molecule has 6 heteroatoms. The van der Waals surface area contributed by atoms with Gasteiger partial charge >= 0.3 is 0 Å². The lowest BCUT2D eigenvalue weighted by atomic mass is 10.2. The first-order chi connectivity index (χ1) is 12.2. The van der Waals surface area contributed by atoms with E-state index in [2.05, 4.69) is 46.8 Å². The van der Waals surface area contributed by atoms with E-state index in [9.17, 15) is 0 Å². The number of hydrogen-bond donors (Lipinski definition) is 0. The highest BCUT2D eigenvalue weighted by Gasteiger charge is 2.23. The summed E-state index contributed by atoms with van der Waals surface area (Å²) in [5, 5.41) is 0. The van der Waals surface area contributed by atoms with Crippen LogP contribution in [0.5, 0.6) is 17.2 Å². The molecule has 0 N–H and O–H groups in total. The Morgan fingerprint density at radius 3 is 2.80 bits per heavy atom. The predicted molar refractivity (Wildman–Crippen MR) is 105 cm³/mol. The zero-order valence-corrected chi connectivity index (χ0v) is 17.1. The summed E-state index contributed by atoms with van der Waals surface area (Å²) in [5.41, 5.74) is 0. The van der Waals surface area contributed by atoms with Crippen molar-refractivity contribution in [2.75, 3.05) is 26.4 Å². The fourth-order valence-electron chi connectivity index (χ4n) is 2.95. The first-order valence-corrected chi connectivity index (χ1v) is 10.3. The predicted octanol–water partition coefficient (Wildman–Crippen LogP) is 5.48. The molecule has 2 heterocycles. The van der Waals surface area contributed by atoms with Gasteiger partial charge in [-0.1, -0.05) is 19.9 Å². The van der Waals surface area contributed by atoms with E-state index in [1.807, 2.05) is 18.2 Å². The van der Waals surface area contributed by atoms with Gasteiger partial charge in [0.25, 0.3) is 0 Å². The first kappa shape index (κ1) is 18.5. The number of fused-ring (bicyclic) bond motifs is 1. The summed E-state index contributed by atoms with van der Waals surface area (Å²) in [5.74, 6) is 2.22. The molecule has 4 nitrogen and oxygen atoms in total. The lowest BCUT2D eigenvalue weighted by molar-refractivity contribution is 0.149. The SMILES string of the molecule is CCCN(CC)CCC(Oc1cccc2c1OCO2)c1ccc(Br)s1. The molecule has 136 valence electrons. The summed E-state index contributed by atoms with van der Waals surface area (Å²) in [6.07, 6.45) is 2.10. The van der Waals surface area contributed by atoms with Crippen LogP contribution in [0.25, 0.3) is 0 Å². The van der Waals surface area contributed by atoms with Crippen molar-refractivity contribution in [2.24, 2.45) is 0 Å². The smallest absolute Gasteiger partial charge is 0.231 e. The minimum absolute atomic E-state index is 0.00194. The van der Waals surface area contributed by atoms with Gasteiger partial charge in [-0.3, -0.25) is 0 Å². The van der Waals surface area contributed by atoms with Crippen molar-refractivity contribution in [1.82, 2.24) is 4.90 Å². The van der Waals surface area contributed by atoms with E-state index < -0.39 is 0 Å². The summed E-state index contributed by atoms with van der Waals surface area (Å²) in [4.78, 5) is 3.68. The third kappa shape index (κ3) is 4.68. The molecule has 1 aromatic heterocycles. The molecule has 0 saturated heterocycles. The van der Waals surface area contributed by atoms with Crippen LogP contribution in [0.4, 0.5) is 0 Å². The first-order valence-electron chi connectivity index (χ1n) is 8.74. The van der Waals surface area contributed by atoms with E-state index in [0.29, 0.717) is 5.75 Å². The average Bonchev–Trinajstić information content (AvgIpc) is 3.26. The zero-order chi connectivity index (χ0) is 17.6. The van der Waals surface area contributed by atoms with Crippen molar-refractivity contribution in [3.63, 3.8) is 0 Å². The quantitative estimate of drug-likeness (QED) is 0.531. The Hall–Kier alpha value is -1.24. The monoisotopic (exact) mass is 425 g/mol. The highest BCUT2D eigenvalue weighted by atomic mass is 79.9. The normalized spacial score (nSPS) is 14.1. The van der Waals surface area contributed by atoms with E-state index >= 15 is 0 Å². The van der Waals surface area contributed by atoms with E-state index in [0.717, 1.165) is 41.3 Å². The summed E-state index contributed by atoms with van der Waals surface area (Å²) in [7, 11) is 0. The molecular weight excluding hydrogens is 402 g/mol. The minimum atomic E-state index is -0.00194. The molecule has 0 fully saturated rings. The maximum absolute atomic E-state index is 6.39. The van der Waals surface area contributed by atoms with Gasteiger partial charge in [-0.25, -0.2) is 0 Å². The maximum Gasteiger partial charge on any atom is 0.231 e. The highest BCUT2D eigenvalue weighted by Crippen LogP contribution is 2.43. The Bertz CT molecular complexity index is 691. The van der Waals surface area contributed by atoms with Crippen LogP contribution in [-0.4, -0.2) is 31.3 Å².